The van der Waals surface area contributed by atoms with E-state index in [1.165, 1.54) is 5.38 Å². The summed E-state index contributed by atoms with van der Waals surface area (Å²) in [6.45, 7) is -4.86. The number of rotatable bonds is 1. The first-order valence-electron chi connectivity index (χ1n) is 2.20. The Morgan fingerprint density at radius 2 is 2.00 bits per heavy atom. The van der Waals surface area contributed by atoms with E-state index >= 15 is 0 Å². The second kappa shape index (κ2) is 4.22. The molecule has 0 unspecified atom stereocenters. The Hall–Kier alpha value is 1.12. The first-order chi connectivity index (χ1) is 4.11. The molecule has 50 valence electrons. The van der Waals surface area contributed by atoms with Gasteiger partial charge >= 0.3 is 58.4 Å². The van der Waals surface area contributed by atoms with Gasteiger partial charge in [0.2, 0.25) is 0 Å². The molecule has 0 aliphatic rings. The van der Waals surface area contributed by atoms with Crippen LogP contribution in [0.5, 0.6) is 0 Å². The molecule has 0 amide bonds. The van der Waals surface area contributed by atoms with Gasteiger partial charge in [-0.2, -0.15) is 11.3 Å². The molecule has 0 aromatic carbocycles. The van der Waals surface area contributed by atoms with Crippen LogP contribution >= 0.6 is 11.3 Å². The Morgan fingerprint density at radius 3 is 2.20 bits per heavy atom. The Kier molecular flexibility index (Phi) is 4.70. The molecule has 10 heavy (non-hydrogen) atoms. The monoisotopic (exact) mass is 191 g/mol. The molecule has 0 aliphatic heterocycles. The van der Waals surface area contributed by atoms with Crippen molar-refractivity contribution >= 4 is 23.2 Å². The summed E-state index contributed by atoms with van der Waals surface area (Å²) in [5.74, 6) is 0. The van der Waals surface area contributed by atoms with Gasteiger partial charge in [0.1, 0.15) is 0 Å². The van der Waals surface area contributed by atoms with Crippen LogP contribution in [0.2, 0.25) is 0 Å². The molecule has 0 N–H and O–H groups in total. The zero-order valence-electron chi connectivity index (χ0n) is 5.22. The summed E-state index contributed by atoms with van der Waals surface area (Å²) >= 11 is 0.622. The van der Waals surface area contributed by atoms with E-state index in [0.717, 1.165) is 6.20 Å². The minimum Gasteiger partial charge on any atom is -0.443 e. The molecule has 1 rings (SSSR count). The van der Waals surface area contributed by atoms with Crippen LogP contribution in [-0.2, 0) is 0 Å². The third kappa shape index (κ3) is 3.02. The SMILES string of the molecule is F[B-](F)(F)c1nccs1.[K+]. The summed E-state index contributed by atoms with van der Waals surface area (Å²) in [6, 6.07) is 0. The smallest absolute Gasteiger partial charge is 0.443 e. The summed E-state index contributed by atoms with van der Waals surface area (Å²) in [5, 5.41) is 1.31. The molecule has 0 spiro atoms. The van der Waals surface area contributed by atoms with Gasteiger partial charge < -0.3 is 12.9 Å². The van der Waals surface area contributed by atoms with Crippen molar-refractivity contribution in [1.82, 2.24) is 4.98 Å². The van der Waals surface area contributed by atoms with E-state index in [0.29, 0.717) is 11.3 Å². The van der Waals surface area contributed by atoms with Crippen molar-refractivity contribution in [2.45, 2.75) is 0 Å². The Balaban J connectivity index is 0.000000810. The second-order valence-electron chi connectivity index (χ2n) is 1.45. The van der Waals surface area contributed by atoms with Crippen LogP contribution in [0, 0.1) is 0 Å². The number of nitrogens with zero attached hydrogens (tertiary/aromatic N) is 1. The van der Waals surface area contributed by atoms with Crippen molar-refractivity contribution < 1.29 is 64.3 Å². The van der Waals surface area contributed by atoms with Gasteiger partial charge in [-0.1, -0.05) is 0 Å². The van der Waals surface area contributed by atoms with Gasteiger partial charge in [-0.3, -0.25) is 4.98 Å². The van der Waals surface area contributed by atoms with E-state index in [1.54, 1.807) is 0 Å². The Bertz CT molecular complexity index is 186. The number of thiazole rings is 1. The molecule has 0 fully saturated rings. The fourth-order valence-electron chi connectivity index (χ4n) is 0.396. The molecule has 0 saturated heterocycles. The van der Waals surface area contributed by atoms with E-state index < -0.39 is 11.9 Å². The number of aromatic nitrogens is 1. The van der Waals surface area contributed by atoms with Gasteiger partial charge in [0.15, 0.2) is 0 Å². The van der Waals surface area contributed by atoms with Crippen molar-refractivity contribution in [1.29, 1.82) is 0 Å². The van der Waals surface area contributed by atoms with Crippen LogP contribution in [0.4, 0.5) is 12.9 Å². The van der Waals surface area contributed by atoms with Crippen molar-refractivity contribution in [3.8, 4) is 0 Å². The fraction of sp³-hybridized carbons (Fsp3) is 0. The van der Waals surface area contributed by atoms with Gasteiger partial charge in [0.25, 0.3) is 0 Å². The minimum absolute atomic E-state index is 0. The minimum atomic E-state index is -4.86. The molecular formula is C3H2BF3KNS. The van der Waals surface area contributed by atoms with E-state index in [4.69, 9.17) is 0 Å². The van der Waals surface area contributed by atoms with Crippen LogP contribution < -0.4 is 56.3 Å². The predicted molar refractivity (Wildman–Crippen MR) is 30.8 cm³/mol. The van der Waals surface area contributed by atoms with E-state index in [1.807, 2.05) is 0 Å². The normalized spacial score (nSPS) is 10.7. The summed E-state index contributed by atoms with van der Waals surface area (Å²) in [4.78, 5) is 2.38. The number of halogens is 3. The average Bonchev–Trinajstić information content (AvgIpc) is 2.08. The fourth-order valence-corrected chi connectivity index (χ4v) is 0.933. The van der Waals surface area contributed by atoms with Crippen molar-refractivity contribution in [2.24, 2.45) is 0 Å². The van der Waals surface area contributed by atoms with Crippen LogP contribution in [0.3, 0.4) is 0 Å². The van der Waals surface area contributed by atoms with Crippen molar-refractivity contribution in [3.63, 3.8) is 0 Å². The van der Waals surface area contributed by atoms with Crippen molar-refractivity contribution in [2.75, 3.05) is 0 Å². The van der Waals surface area contributed by atoms with Crippen LogP contribution in [0.25, 0.3) is 0 Å². The number of hydrogen-bond donors (Lipinski definition) is 0. The van der Waals surface area contributed by atoms with Crippen LogP contribution in [0.1, 0.15) is 0 Å². The van der Waals surface area contributed by atoms with Gasteiger partial charge in [0, 0.05) is 16.5 Å². The van der Waals surface area contributed by atoms with Crippen molar-refractivity contribution in [3.05, 3.63) is 11.6 Å². The third-order valence-corrected chi connectivity index (χ3v) is 1.60. The zero-order chi connectivity index (χ0) is 6.91. The predicted octanol–water partition coefficient (Wildman–Crippen LogP) is -1.80. The molecule has 7 heteroatoms. The summed E-state index contributed by atoms with van der Waals surface area (Å²) in [5.41, 5.74) is 0. The maximum absolute atomic E-state index is 11.6. The summed E-state index contributed by atoms with van der Waals surface area (Å²) < 4.78 is 34.9. The first-order valence-corrected chi connectivity index (χ1v) is 3.08. The molecule has 0 bridgehead atoms. The zero-order valence-corrected chi connectivity index (χ0v) is 9.16. The molecule has 0 saturated carbocycles. The maximum atomic E-state index is 11.6. The molecule has 0 aliphatic carbocycles. The van der Waals surface area contributed by atoms with Crippen LogP contribution in [-0.4, -0.2) is 12.0 Å². The first kappa shape index (κ1) is 11.1. The number of hydrogen-bond acceptors (Lipinski definition) is 2. The molecular weight excluding hydrogens is 189 g/mol. The molecule has 1 aromatic heterocycles. The largest absolute Gasteiger partial charge is 1.00 e. The topological polar surface area (TPSA) is 12.9 Å². The van der Waals surface area contributed by atoms with Crippen LogP contribution in [0.15, 0.2) is 11.6 Å². The quantitative estimate of drug-likeness (QED) is 0.477. The van der Waals surface area contributed by atoms with Gasteiger partial charge in [0.05, 0.1) is 0 Å². The Morgan fingerprint density at radius 1 is 1.40 bits per heavy atom. The average molecular weight is 191 g/mol. The molecule has 0 atom stereocenters. The van der Waals surface area contributed by atoms with Gasteiger partial charge in [-0.05, 0) is 0 Å². The van der Waals surface area contributed by atoms with Gasteiger partial charge in [-0.25, -0.2) is 0 Å². The molecule has 0 radical (unpaired) electrons. The molecule has 1 heterocycles. The Labute approximate surface area is 103 Å². The standard InChI is InChI=1S/C3H2BF3NS.K/c5-4(6,7)3-8-1-2-9-3;/h1-2H;/q-1;+1. The third-order valence-electron chi connectivity index (χ3n) is 0.731. The molecule has 1 nitrogen and oxygen atoms in total. The van der Waals surface area contributed by atoms with E-state index in [9.17, 15) is 12.9 Å². The van der Waals surface area contributed by atoms with E-state index in [2.05, 4.69) is 4.98 Å². The summed E-state index contributed by atoms with van der Waals surface area (Å²) in [6.07, 6.45) is 1.15. The second-order valence-corrected chi connectivity index (χ2v) is 2.37. The van der Waals surface area contributed by atoms with Gasteiger partial charge in [-0.15, -0.1) is 0 Å². The maximum Gasteiger partial charge on any atom is 1.00 e. The van der Waals surface area contributed by atoms with E-state index in [-0.39, 0.29) is 51.4 Å². The summed E-state index contributed by atoms with van der Waals surface area (Å²) in [7, 11) is 0. The molecule has 1 aromatic rings.